The molecule has 4 fully saturated rings. The van der Waals surface area contributed by atoms with Gasteiger partial charge in [-0.25, -0.2) is 13.6 Å². The van der Waals surface area contributed by atoms with Gasteiger partial charge in [0.25, 0.3) is 5.91 Å². The molecular formula is C46H51F2N9O5. The summed E-state index contributed by atoms with van der Waals surface area (Å²) >= 11 is 0. The molecule has 5 aromatic rings. The molecule has 4 N–H and O–H groups in total. The summed E-state index contributed by atoms with van der Waals surface area (Å²) in [5.41, 5.74) is 9.24. The van der Waals surface area contributed by atoms with Gasteiger partial charge in [0.15, 0.2) is 5.82 Å². The molecule has 14 nitrogen and oxygen atoms in total. The number of ether oxygens (including phenoxy) is 1. The van der Waals surface area contributed by atoms with Crippen molar-refractivity contribution < 1.29 is 33.0 Å². The van der Waals surface area contributed by atoms with Crippen molar-refractivity contribution in [3.05, 3.63) is 95.9 Å². The summed E-state index contributed by atoms with van der Waals surface area (Å²) in [6.07, 6.45) is 4.84. The second-order valence-corrected chi connectivity index (χ2v) is 17.1. The lowest BCUT2D eigenvalue weighted by molar-refractivity contribution is -0.120. The van der Waals surface area contributed by atoms with Crippen molar-refractivity contribution in [1.29, 1.82) is 0 Å². The van der Waals surface area contributed by atoms with Crippen molar-refractivity contribution in [2.24, 2.45) is 0 Å². The number of likely N-dealkylation sites (tertiary alicyclic amines) is 2. The maximum Gasteiger partial charge on any atom is 0.328 e. The van der Waals surface area contributed by atoms with Gasteiger partial charge in [-0.05, 0) is 67.3 Å². The number of halogens is 2. The number of nitrogens with one attached hydrogen (secondary N) is 1. The molecule has 324 valence electrons. The Hall–Kier alpha value is -6.13. The number of urea groups is 1. The Morgan fingerprint density at radius 2 is 1.71 bits per heavy atom. The van der Waals surface area contributed by atoms with E-state index in [-0.39, 0.29) is 72.9 Å². The minimum absolute atomic E-state index is 0.0787. The third kappa shape index (κ3) is 8.28. The van der Waals surface area contributed by atoms with E-state index in [9.17, 15) is 19.5 Å². The van der Waals surface area contributed by atoms with E-state index >= 15 is 8.78 Å². The zero-order valence-corrected chi connectivity index (χ0v) is 34.7. The van der Waals surface area contributed by atoms with Gasteiger partial charge in [-0.3, -0.25) is 19.8 Å². The van der Waals surface area contributed by atoms with E-state index in [0.29, 0.717) is 68.3 Å². The standard InChI is InChI=1S/C46H51F2N9O5/c1-62-34-22-32(26-55(27-34)40-25-37(51-52-43(40)49)35-4-2-3-5-41(35)58)29-6-8-30(9-7-29)44(60)54-20-14-46(48,15-21-54)28-53-16-11-33(12-17-53)56-18-10-31-23-39(36(47)24-38(31)56)57-19-13-42(59)50-45(57)61/h2-10,18,23-25,32-34,58H,11-17,19-22,26-28H2,1H3,(H2,49,52)(H,50,59,61)/t32-,34+/m0/s1. The molecule has 2 atom stereocenters. The van der Waals surface area contributed by atoms with Crippen LogP contribution in [0.1, 0.15) is 66.4 Å². The first-order valence-electron chi connectivity index (χ1n) is 21.4. The maximum absolute atomic E-state index is 16.4. The summed E-state index contributed by atoms with van der Waals surface area (Å²) in [6, 6.07) is 21.0. The van der Waals surface area contributed by atoms with Crippen LogP contribution in [0.25, 0.3) is 22.2 Å². The number of anilines is 3. The predicted molar refractivity (Wildman–Crippen MR) is 231 cm³/mol. The van der Waals surface area contributed by atoms with E-state index in [0.717, 1.165) is 35.7 Å². The fourth-order valence-electron chi connectivity index (χ4n) is 9.72. The number of alkyl halides is 1. The Morgan fingerprint density at radius 1 is 0.952 bits per heavy atom. The molecule has 6 heterocycles. The van der Waals surface area contributed by atoms with Gasteiger partial charge in [-0.1, -0.05) is 24.3 Å². The first-order chi connectivity index (χ1) is 29.9. The van der Waals surface area contributed by atoms with Gasteiger partial charge in [-0.2, -0.15) is 0 Å². The van der Waals surface area contributed by atoms with Crippen LogP contribution < -0.4 is 20.9 Å². The van der Waals surface area contributed by atoms with Crippen LogP contribution >= 0.6 is 0 Å². The van der Waals surface area contributed by atoms with E-state index in [4.69, 9.17) is 10.5 Å². The van der Waals surface area contributed by atoms with E-state index in [1.54, 1.807) is 36.3 Å². The van der Waals surface area contributed by atoms with Crippen molar-refractivity contribution in [2.45, 2.75) is 62.3 Å². The number of rotatable bonds is 9. The van der Waals surface area contributed by atoms with Gasteiger partial charge in [-0.15, -0.1) is 10.2 Å². The highest BCUT2D eigenvalue weighted by Crippen LogP contribution is 2.38. The van der Waals surface area contributed by atoms with Crippen LogP contribution in [0.3, 0.4) is 0 Å². The van der Waals surface area contributed by atoms with Crippen LogP contribution in [0, 0.1) is 5.82 Å². The fourth-order valence-corrected chi connectivity index (χ4v) is 9.72. The van der Waals surface area contributed by atoms with Crippen molar-refractivity contribution in [3.63, 3.8) is 0 Å². The van der Waals surface area contributed by atoms with Gasteiger partial charge < -0.3 is 34.8 Å². The third-order valence-electron chi connectivity index (χ3n) is 13.2. The molecule has 2 aromatic heterocycles. The number of piperidine rings is 3. The van der Waals surface area contributed by atoms with Gasteiger partial charge in [0, 0.05) is 119 Å². The number of hydrogen-bond donors (Lipinski definition) is 3. The highest BCUT2D eigenvalue weighted by atomic mass is 19.1. The summed E-state index contributed by atoms with van der Waals surface area (Å²) in [7, 11) is 1.70. The monoisotopic (exact) mass is 847 g/mol. The first-order valence-corrected chi connectivity index (χ1v) is 21.4. The van der Waals surface area contributed by atoms with Crippen LogP contribution in [-0.4, -0.2) is 119 Å². The first kappa shape index (κ1) is 41.2. The number of carbonyl (C=O) groups is 3. The molecule has 0 saturated carbocycles. The lowest BCUT2D eigenvalue weighted by Crippen LogP contribution is -2.51. The summed E-state index contributed by atoms with van der Waals surface area (Å²) in [5, 5.41) is 21.9. The number of aromatic nitrogens is 3. The number of aromatic hydroxyl groups is 1. The quantitative estimate of drug-likeness (QED) is 0.154. The van der Waals surface area contributed by atoms with Crippen LogP contribution in [0.15, 0.2) is 79.0 Å². The maximum atomic E-state index is 16.4. The smallest absolute Gasteiger partial charge is 0.328 e. The van der Waals surface area contributed by atoms with E-state index < -0.39 is 17.5 Å². The predicted octanol–water partition coefficient (Wildman–Crippen LogP) is 6.26. The number of benzene rings is 3. The number of hydrogen-bond acceptors (Lipinski definition) is 10. The minimum atomic E-state index is -1.40. The number of amides is 4. The number of para-hydroxylation sites is 1. The minimum Gasteiger partial charge on any atom is -0.507 e. The Labute approximate surface area is 358 Å². The average molecular weight is 848 g/mol. The van der Waals surface area contributed by atoms with Crippen molar-refractivity contribution >= 4 is 45.9 Å². The molecule has 0 aliphatic carbocycles. The molecule has 0 spiro atoms. The summed E-state index contributed by atoms with van der Waals surface area (Å²) in [4.78, 5) is 45.0. The molecule has 4 aliphatic rings. The molecular weight excluding hydrogens is 797 g/mol. The molecule has 4 amide bonds. The zero-order valence-electron chi connectivity index (χ0n) is 34.7. The van der Waals surface area contributed by atoms with Gasteiger partial charge in [0.05, 0.1) is 28.7 Å². The van der Waals surface area contributed by atoms with Crippen molar-refractivity contribution in [3.8, 4) is 17.0 Å². The van der Waals surface area contributed by atoms with Crippen LogP contribution in [-0.2, 0) is 9.53 Å². The number of nitrogens with two attached hydrogens (primary N) is 1. The Bertz CT molecular complexity index is 2480. The van der Waals surface area contributed by atoms with Gasteiger partial charge in [0.1, 0.15) is 17.2 Å². The largest absolute Gasteiger partial charge is 0.507 e. The molecule has 0 radical (unpaired) electrons. The number of fused-ring (bicyclic) bond motifs is 1. The van der Waals surface area contributed by atoms with E-state index in [1.807, 2.05) is 48.7 Å². The number of nitrogens with zero attached hydrogens (tertiary/aromatic N) is 7. The summed E-state index contributed by atoms with van der Waals surface area (Å²) in [6.45, 7) is 3.74. The zero-order chi connectivity index (χ0) is 43.1. The number of carbonyl (C=O) groups excluding carboxylic acids is 3. The third-order valence-corrected chi connectivity index (χ3v) is 13.2. The molecule has 3 aromatic carbocycles. The molecule has 9 rings (SSSR count). The molecule has 16 heteroatoms. The molecule has 4 saturated heterocycles. The second-order valence-electron chi connectivity index (χ2n) is 17.1. The number of imide groups is 1. The van der Waals surface area contributed by atoms with E-state index in [2.05, 4.69) is 29.9 Å². The fraction of sp³-hybridized carbons (Fsp3) is 0.413. The van der Waals surface area contributed by atoms with Crippen LogP contribution in [0.4, 0.5) is 30.8 Å². The average Bonchev–Trinajstić information content (AvgIpc) is 3.69. The molecule has 0 bridgehead atoms. The highest BCUT2D eigenvalue weighted by Gasteiger charge is 2.39. The number of phenolic OH excluding ortho intramolecular Hbond substituents is 1. The topological polar surface area (TPSA) is 162 Å². The van der Waals surface area contributed by atoms with Crippen molar-refractivity contribution in [2.75, 3.05) is 75.0 Å². The summed E-state index contributed by atoms with van der Waals surface area (Å²) < 4.78 is 39.7. The Kier molecular flexibility index (Phi) is 11.3. The van der Waals surface area contributed by atoms with Crippen LogP contribution in [0.2, 0.25) is 0 Å². The summed E-state index contributed by atoms with van der Waals surface area (Å²) in [5.74, 6) is -0.535. The van der Waals surface area contributed by atoms with Crippen molar-refractivity contribution in [1.82, 2.24) is 29.9 Å². The number of nitrogen functional groups attached to an aromatic ring is 1. The lowest BCUT2D eigenvalue weighted by atomic mass is 9.88. The Balaban J connectivity index is 0.782. The number of methoxy groups -OCH3 is 1. The molecule has 0 unspecified atom stereocenters. The van der Waals surface area contributed by atoms with E-state index in [1.165, 1.54) is 11.0 Å². The lowest BCUT2D eigenvalue weighted by Gasteiger charge is -2.41. The normalized spacial score (nSPS) is 21.4. The van der Waals surface area contributed by atoms with Crippen LogP contribution in [0.5, 0.6) is 5.75 Å². The van der Waals surface area contributed by atoms with Gasteiger partial charge in [0.2, 0.25) is 5.91 Å². The van der Waals surface area contributed by atoms with Gasteiger partial charge >= 0.3 is 6.03 Å². The molecule has 4 aliphatic heterocycles. The highest BCUT2D eigenvalue weighted by molar-refractivity contribution is 6.06. The molecule has 62 heavy (non-hydrogen) atoms. The number of phenols is 1. The second kappa shape index (κ2) is 17.0. The SMILES string of the molecule is CO[C@@H]1C[C@H](c2ccc(C(=O)N3CCC(F)(CN4CCC(n5ccc6cc(N7CCC(=O)NC7=O)c(F)cc65)CC4)CC3)cc2)CN(c2cc(-c3ccccc3O)nnc2N)C1. The Morgan fingerprint density at radius 3 is 2.44 bits per heavy atom.